The Labute approximate surface area is 185 Å². The van der Waals surface area contributed by atoms with Gasteiger partial charge in [0, 0.05) is 17.2 Å². The van der Waals surface area contributed by atoms with E-state index in [2.05, 4.69) is 18.8 Å². The van der Waals surface area contributed by atoms with Gasteiger partial charge < -0.3 is 4.74 Å². The summed E-state index contributed by atoms with van der Waals surface area (Å²) in [6.45, 7) is 2.59. The van der Waals surface area contributed by atoms with E-state index in [1.165, 1.54) is 24.3 Å². The minimum absolute atomic E-state index is 0.216. The molecule has 0 radical (unpaired) electrons. The highest BCUT2D eigenvalue weighted by molar-refractivity contribution is 5.84. The van der Waals surface area contributed by atoms with E-state index >= 15 is 0 Å². The van der Waals surface area contributed by atoms with Crippen LogP contribution < -0.4 is 4.74 Å². The third-order valence-electron chi connectivity index (χ3n) is 5.13. The Hall–Kier alpha value is -3.71. The largest absolute Gasteiger partial charge is 0.493 e. The van der Waals surface area contributed by atoms with Gasteiger partial charge in [-0.25, -0.2) is 13.2 Å². The number of benzene rings is 4. The number of halogens is 3. The van der Waals surface area contributed by atoms with Gasteiger partial charge in [-0.3, -0.25) is 0 Å². The molecule has 0 unspecified atom stereocenters. The Kier molecular flexibility index (Phi) is 6.47. The van der Waals surface area contributed by atoms with Crippen LogP contribution in [-0.4, -0.2) is 6.61 Å². The lowest BCUT2D eigenvalue weighted by molar-refractivity contribution is 0.308. The summed E-state index contributed by atoms with van der Waals surface area (Å²) in [5.74, 6) is 4.93. The molecule has 0 spiro atoms. The van der Waals surface area contributed by atoms with Crippen molar-refractivity contribution in [1.29, 1.82) is 0 Å². The number of hydrogen-bond acceptors (Lipinski definition) is 1. The van der Waals surface area contributed by atoms with E-state index in [0.717, 1.165) is 23.6 Å². The fraction of sp³-hybridized carbons (Fsp3) is 0.143. The standard InChI is InChI=1S/C28H21F3O/c1-2-3-14-32-25-12-13-26(28(31)18-25)23-9-8-20(27(30)17-23)6-4-19-5-7-22-16-24(29)11-10-21(22)15-19/h5,7-13,15-18H,2-3,14H2,1H3. The predicted octanol–water partition coefficient (Wildman–Crippen LogP) is 7.50. The summed E-state index contributed by atoms with van der Waals surface area (Å²) in [7, 11) is 0. The molecule has 0 atom stereocenters. The predicted molar refractivity (Wildman–Crippen MR) is 122 cm³/mol. The van der Waals surface area contributed by atoms with Gasteiger partial charge in [0.25, 0.3) is 0 Å². The maximum absolute atomic E-state index is 14.7. The molecule has 4 aromatic rings. The van der Waals surface area contributed by atoms with Gasteiger partial charge in [0.2, 0.25) is 0 Å². The van der Waals surface area contributed by atoms with E-state index < -0.39 is 11.6 Å². The van der Waals surface area contributed by atoms with Crippen molar-refractivity contribution in [2.24, 2.45) is 0 Å². The van der Waals surface area contributed by atoms with E-state index in [0.29, 0.717) is 29.0 Å². The summed E-state index contributed by atoms with van der Waals surface area (Å²) in [4.78, 5) is 0. The first-order valence-corrected chi connectivity index (χ1v) is 10.5. The monoisotopic (exact) mass is 430 g/mol. The minimum atomic E-state index is -0.527. The zero-order chi connectivity index (χ0) is 22.5. The van der Waals surface area contributed by atoms with Crippen LogP contribution in [0, 0.1) is 29.3 Å². The molecule has 0 bridgehead atoms. The Bertz CT molecular complexity index is 1330. The van der Waals surface area contributed by atoms with Gasteiger partial charge in [-0.05, 0) is 71.3 Å². The number of hydrogen-bond donors (Lipinski definition) is 0. The molecule has 32 heavy (non-hydrogen) atoms. The highest BCUT2D eigenvalue weighted by Crippen LogP contribution is 2.28. The van der Waals surface area contributed by atoms with Crippen molar-refractivity contribution in [3.8, 4) is 28.7 Å². The van der Waals surface area contributed by atoms with Gasteiger partial charge in [-0.2, -0.15) is 0 Å². The molecular weight excluding hydrogens is 409 g/mol. The van der Waals surface area contributed by atoms with Gasteiger partial charge in [-0.1, -0.05) is 43.4 Å². The summed E-state index contributed by atoms with van der Waals surface area (Å²) in [5, 5.41) is 1.63. The molecule has 4 rings (SSSR count). The molecule has 0 aliphatic rings. The van der Waals surface area contributed by atoms with E-state index in [9.17, 15) is 13.2 Å². The maximum Gasteiger partial charge on any atom is 0.139 e. The fourth-order valence-corrected chi connectivity index (χ4v) is 3.37. The van der Waals surface area contributed by atoms with Crippen LogP contribution >= 0.6 is 0 Å². The highest BCUT2D eigenvalue weighted by atomic mass is 19.1. The highest BCUT2D eigenvalue weighted by Gasteiger charge is 2.10. The SMILES string of the molecule is CCCCOc1ccc(-c2ccc(C#Cc3ccc4cc(F)ccc4c3)c(F)c2)c(F)c1. The molecule has 1 nitrogen and oxygen atoms in total. The number of fused-ring (bicyclic) bond motifs is 1. The van der Waals surface area contributed by atoms with Crippen molar-refractivity contribution in [2.45, 2.75) is 19.8 Å². The summed E-state index contributed by atoms with van der Waals surface area (Å²) < 4.78 is 48.0. The molecule has 0 saturated carbocycles. The van der Waals surface area contributed by atoms with Gasteiger partial charge in [0.1, 0.15) is 23.2 Å². The van der Waals surface area contributed by atoms with E-state index in [-0.39, 0.29) is 11.4 Å². The third-order valence-corrected chi connectivity index (χ3v) is 5.13. The molecule has 160 valence electrons. The molecule has 0 amide bonds. The lowest BCUT2D eigenvalue weighted by atomic mass is 10.0. The first kappa shape index (κ1) is 21.5. The molecular formula is C28H21F3O. The average Bonchev–Trinajstić information content (AvgIpc) is 2.78. The van der Waals surface area contributed by atoms with Crippen molar-refractivity contribution in [3.05, 3.63) is 101 Å². The van der Waals surface area contributed by atoms with Crippen molar-refractivity contribution >= 4 is 10.8 Å². The Morgan fingerprint density at radius 2 is 1.56 bits per heavy atom. The number of ether oxygens (including phenoxy) is 1. The van der Waals surface area contributed by atoms with Gasteiger partial charge in [0.15, 0.2) is 0 Å². The maximum atomic E-state index is 14.7. The van der Waals surface area contributed by atoms with Crippen molar-refractivity contribution in [2.75, 3.05) is 6.61 Å². The van der Waals surface area contributed by atoms with Crippen LogP contribution in [0.1, 0.15) is 30.9 Å². The molecule has 0 heterocycles. The van der Waals surface area contributed by atoms with Gasteiger partial charge in [0.05, 0.1) is 12.2 Å². The normalized spacial score (nSPS) is 10.6. The van der Waals surface area contributed by atoms with Gasteiger partial charge in [-0.15, -0.1) is 0 Å². The number of rotatable bonds is 5. The second-order valence-corrected chi connectivity index (χ2v) is 7.49. The minimum Gasteiger partial charge on any atom is -0.493 e. The van der Waals surface area contributed by atoms with E-state index in [4.69, 9.17) is 4.74 Å². The Morgan fingerprint density at radius 3 is 2.34 bits per heavy atom. The zero-order valence-corrected chi connectivity index (χ0v) is 17.6. The van der Waals surface area contributed by atoms with Crippen LogP contribution in [0.5, 0.6) is 5.75 Å². The topological polar surface area (TPSA) is 9.23 Å². The summed E-state index contributed by atoms with van der Waals surface area (Å²) >= 11 is 0. The van der Waals surface area contributed by atoms with Crippen LogP contribution in [0.4, 0.5) is 13.2 Å². The Balaban J connectivity index is 1.55. The lowest BCUT2D eigenvalue weighted by Crippen LogP contribution is -1.97. The van der Waals surface area contributed by atoms with E-state index in [1.807, 2.05) is 6.07 Å². The molecule has 0 saturated heterocycles. The summed E-state index contributed by atoms with van der Waals surface area (Å²) in [6.07, 6.45) is 1.89. The fourth-order valence-electron chi connectivity index (χ4n) is 3.37. The van der Waals surface area contributed by atoms with Crippen molar-refractivity contribution < 1.29 is 17.9 Å². The Morgan fingerprint density at radius 1 is 0.750 bits per heavy atom. The molecule has 0 N–H and O–H groups in total. The second kappa shape index (κ2) is 9.62. The average molecular weight is 430 g/mol. The first-order chi connectivity index (χ1) is 15.5. The quantitative estimate of drug-likeness (QED) is 0.235. The lowest BCUT2D eigenvalue weighted by Gasteiger charge is -2.09. The molecule has 0 aromatic heterocycles. The van der Waals surface area contributed by atoms with Crippen molar-refractivity contribution in [3.63, 3.8) is 0 Å². The molecule has 4 heteroatoms. The van der Waals surface area contributed by atoms with Crippen LogP contribution in [0.2, 0.25) is 0 Å². The smallest absolute Gasteiger partial charge is 0.139 e. The van der Waals surface area contributed by atoms with Gasteiger partial charge >= 0.3 is 0 Å². The van der Waals surface area contributed by atoms with Crippen LogP contribution in [0.25, 0.3) is 21.9 Å². The van der Waals surface area contributed by atoms with Crippen LogP contribution in [0.15, 0.2) is 72.8 Å². The molecule has 0 aliphatic carbocycles. The van der Waals surface area contributed by atoms with E-state index in [1.54, 1.807) is 42.5 Å². The summed E-state index contributed by atoms with van der Waals surface area (Å²) in [5.41, 5.74) is 1.64. The van der Waals surface area contributed by atoms with Crippen LogP contribution in [0.3, 0.4) is 0 Å². The molecule has 0 fully saturated rings. The summed E-state index contributed by atoms with van der Waals surface area (Å²) in [6, 6.07) is 19.0. The zero-order valence-electron chi connectivity index (χ0n) is 17.6. The second-order valence-electron chi connectivity index (χ2n) is 7.49. The first-order valence-electron chi connectivity index (χ1n) is 10.5. The molecule has 4 aromatic carbocycles. The number of unbranched alkanes of at least 4 members (excludes halogenated alkanes) is 1. The molecule has 0 aliphatic heterocycles. The third kappa shape index (κ3) is 4.95. The van der Waals surface area contributed by atoms with Crippen molar-refractivity contribution in [1.82, 2.24) is 0 Å². The van der Waals surface area contributed by atoms with Crippen LogP contribution in [-0.2, 0) is 0 Å².